The molecule has 38 heavy (non-hydrogen) atoms. The summed E-state index contributed by atoms with van der Waals surface area (Å²) in [5, 5.41) is 3.10. The fourth-order valence-electron chi connectivity index (χ4n) is 5.14. The fraction of sp³-hybridized carbons (Fsp3) is 0.538. The molecule has 0 spiro atoms. The maximum atomic E-state index is 13.2. The van der Waals surface area contributed by atoms with Crippen LogP contribution in [0.15, 0.2) is 47.5 Å². The number of nitrogens with zero attached hydrogens (tertiary/aromatic N) is 3. The Kier molecular flexibility index (Phi) is 7.94. The summed E-state index contributed by atoms with van der Waals surface area (Å²) in [7, 11) is -3.67. The summed E-state index contributed by atoms with van der Waals surface area (Å²) >= 11 is 0. The number of amides is 1. The van der Waals surface area contributed by atoms with Gasteiger partial charge in [-0.15, -0.1) is 0 Å². The Hall–Kier alpha value is -2.86. The first-order valence-corrected chi connectivity index (χ1v) is 14.2. The molecule has 8 nitrogen and oxygen atoms in total. The lowest BCUT2D eigenvalue weighted by atomic mass is 9.73. The molecule has 0 aliphatic carbocycles. The van der Waals surface area contributed by atoms with Gasteiger partial charge < -0.3 is 16.0 Å². The first-order chi connectivity index (χ1) is 17.8. The van der Waals surface area contributed by atoms with Gasteiger partial charge in [0.05, 0.1) is 10.5 Å². The van der Waals surface area contributed by atoms with Crippen LogP contribution in [0.25, 0.3) is 0 Å². The van der Waals surface area contributed by atoms with Crippen LogP contribution < -0.4 is 16.0 Å². The third-order valence-corrected chi connectivity index (χ3v) is 9.80. The van der Waals surface area contributed by atoms with Gasteiger partial charge in [-0.1, -0.05) is 13.8 Å². The number of pyridine rings is 1. The Morgan fingerprint density at radius 1 is 0.974 bits per heavy atom. The van der Waals surface area contributed by atoms with Crippen LogP contribution in [0.4, 0.5) is 24.7 Å². The zero-order valence-electron chi connectivity index (χ0n) is 21.5. The summed E-state index contributed by atoms with van der Waals surface area (Å²) in [6, 6.07) is 9.06. The first-order valence-electron chi connectivity index (χ1n) is 12.7. The van der Waals surface area contributed by atoms with Gasteiger partial charge >= 0.3 is 6.18 Å². The number of carbonyl (C=O) groups excluding carboxylic acids is 1. The van der Waals surface area contributed by atoms with Crippen LogP contribution >= 0.6 is 0 Å². The first kappa shape index (κ1) is 28.2. The van der Waals surface area contributed by atoms with Crippen molar-refractivity contribution in [1.82, 2.24) is 9.29 Å². The molecule has 0 saturated carbocycles. The van der Waals surface area contributed by atoms with Gasteiger partial charge in [0.15, 0.2) is 0 Å². The van der Waals surface area contributed by atoms with Crippen molar-refractivity contribution in [3.05, 3.63) is 48.2 Å². The molecule has 0 radical (unpaired) electrons. The summed E-state index contributed by atoms with van der Waals surface area (Å²) in [5.41, 5.74) is 5.14. The van der Waals surface area contributed by atoms with E-state index in [1.807, 2.05) is 26.0 Å². The highest BCUT2D eigenvalue weighted by Crippen LogP contribution is 2.36. The van der Waals surface area contributed by atoms with E-state index in [1.54, 1.807) is 12.1 Å². The lowest BCUT2D eigenvalue weighted by Gasteiger charge is -2.40. The molecule has 2 aliphatic rings. The second-order valence-corrected chi connectivity index (χ2v) is 12.5. The highest BCUT2D eigenvalue weighted by atomic mass is 32.2. The zero-order valence-corrected chi connectivity index (χ0v) is 22.4. The van der Waals surface area contributed by atoms with Crippen LogP contribution in [0.2, 0.25) is 0 Å². The molecular weight excluding hydrogens is 519 g/mol. The number of nitrogens with two attached hydrogens (primary N) is 1. The van der Waals surface area contributed by atoms with Crippen molar-refractivity contribution in [2.24, 2.45) is 17.1 Å². The van der Waals surface area contributed by atoms with E-state index >= 15 is 0 Å². The van der Waals surface area contributed by atoms with E-state index in [2.05, 4.69) is 15.2 Å². The number of rotatable bonds is 7. The number of primary amides is 1. The van der Waals surface area contributed by atoms with Crippen molar-refractivity contribution in [3.63, 3.8) is 0 Å². The highest BCUT2D eigenvalue weighted by Gasteiger charge is 2.37. The molecule has 1 aromatic heterocycles. The normalized spacial score (nSPS) is 18.9. The van der Waals surface area contributed by atoms with Crippen molar-refractivity contribution >= 4 is 27.4 Å². The van der Waals surface area contributed by atoms with Gasteiger partial charge in [0, 0.05) is 49.5 Å². The van der Waals surface area contributed by atoms with Gasteiger partial charge in [-0.25, -0.2) is 13.4 Å². The minimum atomic E-state index is -4.44. The van der Waals surface area contributed by atoms with Crippen molar-refractivity contribution in [2.75, 3.05) is 36.4 Å². The molecule has 2 saturated heterocycles. The van der Waals surface area contributed by atoms with Crippen LogP contribution in [0.3, 0.4) is 0 Å². The summed E-state index contributed by atoms with van der Waals surface area (Å²) in [4.78, 5) is 18.0. The second-order valence-electron chi connectivity index (χ2n) is 10.6. The average Bonchev–Trinajstić information content (AvgIpc) is 2.89. The fourth-order valence-corrected chi connectivity index (χ4v) is 6.60. The highest BCUT2D eigenvalue weighted by molar-refractivity contribution is 7.89. The molecule has 4 rings (SSSR count). The SMILES string of the molecule is CC(C)(C(N)=O)C1CCN(c2ccc(S(=O)(=O)N3CCC(Nc4ccc(C(F)(F)F)cn4)CC3)cc2)CC1. The largest absolute Gasteiger partial charge is 0.417 e. The van der Waals surface area contributed by atoms with Crippen molar-refractivity contribution in [1.29, 1.82) is 0 Å². The quantitative estimate of drug-likeness (QED) is 0.535. The van der Waals surface area contributed by atoms with Gasteiger partial charge in [0.2, 0.25) is 15.9 Å². The van der Waals surface area contributed by atoms with E-state index < -0.39 is 27.2 Å². The number of benzene rings is 1. The lowest BCUT2D eigenvalue weighted by molar-refractivity contribution is -0.137. The molecule has 208 valence electrons. The number of hydrogen-bond acceptors (Lipinski definition) is 6. The lowest BCUT2D eigenvalue weighted by Crippen LogP contribution is -2.44. The maximum absolute atomic E-state index is 13.2. The minimum Gasteiger partial charge on any atom is -0.372 e. The number of sulfonamides is 1. The zero-order chi connectivity index (χ0) is 27.7. The predicted octanol–water partition coefficient (Wildman–Crippen LogP) is 4.09. The Balaban J connectivity index is 1.31. The molecule has 3 N–H and O–H groups in total. The Labute approximate surface area is 221 Å². The molecule has 1 aromatic carbocycles. The molecule has 1 amide bonds. The van der Waals surface area contributed by atoms with Gasteiger partial charge in [0.1, 0.15) is 5.82 Å². The number of nitrogens with one attached hydrogen (secondary N) is 1. The van der Waals surface area contributed by atoms with Crippen LogP contribution in [0.1, 0.15) is 45.1 Å². The number of alkyl halides is 3. The van der Waals surface area contributed by atoms with Crippen molar-refractivity contribution in [2.45, 2.75) is 56.6 Å². The van der Waals surface area contributed by atoms with E-state index in [-0.39, 0.29) is 22.8 Å². The van der Waals surface area contributed by atoms with Crippen LogP contribution in [-0.4, -0.2) is 55.8 Å². The third kappa shape index (κ3) is 6.06. The standard InChI is InChI=1S/C26H34F3N5O3S/c1-25(2,24(30)35)18-9-13-33(14-10-18)21-4-6-22(7-5-21)38(36,37)34-15-11-20(12-16-34)32-23-8-3-19(17-31-23)26(27,28)29/h3-8,17-18,20H,9-16H2,1-2H3,(H2,30,35)(H,31,32). The van der Waals surface area contributed by atoms with Crippen molar-refractivity contribution in [3.8, 4) is 0 Å². The summed E-state index contributed by atoms with van der Waals surface area (Å²) in [6.45, 7) is 5.90. The maximum Gasteiger partial charge on any atom is 0.417 e. The molecule has 2 aromatic rings. The Bertz CT molecular complexity index is 1220. The van der Waals surface area contributed by atoms with E-state index in [9.17, 15) is 26.4 Å². The summed E-state index contributed by atoms with van der Waals surface area (Å²) < 4.78 is 66.1. The molecule has 0 unspecified atom stereocenters. The average molecular weight is 554 g/mol. The number of hydrogen-bond donors (Lipinski definition) is 2. The second kappa shape index (κ2) is 10.7. The van der Waals surface area contributed by atoms with E-state index in [0.717, 1.165) is 43.9 Å². The van der Waals surface area contributed by atoms with E-state index in [0.29, 0.717) is 31.7 Å². The van der Waals surface area contributed by atoms with Gasteiger partial charge in [0.25, 0.3) is 0 Å². The molecule has 0 bridgehead atoms. The number of anilines is 2. The topological polar surface area (TPSA) is 109 Å². The smallest absolute Gasteiger partial charge is 0.372 e. The molecule has 12 heteroatoms. The van der Waals surface area contributed by atoms with Gasteiger partial charge in [-0.3, -0.25) is 4.79 Å². The summed E-state index contributed by atoms with van der Waals surface area (Å²) in [6.07, 6.45) is -0.964. The van der Waals surface area contributed by atoms with Gasteiger partial charge in [-0.05, 0) is 68.0 Å². The predicted molar refractivity (Wildman–Crippen MR) is 139 cm³/mol. The molecule has 0 atom stereocenters. The molecular formula is C26H34F3N5O3S. The summed E-state index contributed by atoms with van der Waals surface area (Å²) in [5.74, 6) is 0.252. The number of piperidine rings is 2. The van der Waals surface area contributed by atoms with E-state index in [4.69, 9.17) is 5.73 Å². The van der Waals surface area contributed by atoms with E-state index in [1.165, 1.54) is 10.4 Å². The monoisotopic (exact) mass is 553 g/mol. The van der Waals surface area contributed by atoms with Crippen LogP contribution in [-0.2, 0) is 21.0 Å². The number of aromatic nitrogens is 1. The van der Waals surface area contributed by atoms with Crippen molar-refractivity contribution < 1.29 is 26.4 Å². The third-order valence-electron chi connectivity index (χ3n) is 7.89. The van der Waals surface area contributed by atoms with Gasteiger partial charge in [-0.2, -0.15) is 17.5 Å². The Morgan fingerprint density at radius 3 is 2.08 bits per heavy atom. The number of halogens is 3. The minimum absolute atomic E-state index is 0.0875. The molecule has 2 fully saturated rings. The van der Waals surface area contributed by atoms with Crippen LogP contribution in [0.5, 0.6) is 0 Å². The Morgan fingerprint density at radius 2 is 1.58 bits per heavy atom. The molecule has 2 aliphatic heterocycles. The number of carbonyl (C=O) groups is 1. The van der Waals surface area contributed by atoms with Crippen LogP contribution in [0, 0.1) is 11.3 Å². The molecule has 3 heterocycles.